The molecule has 0 radical (unpaired) electrons. The second kappa shape index (κ2) is 3.79. The summed E-state index contributed by atoms with van der Waals surface area (Å²) in [6.45, 7) is 4.48. The second-order valence-corrected chi connectivity index (χ2v) is 4.02. The van der Waals surface area contributed by atoms with Crippen LogP contribution in [-0.2, 0) is 0 Å². The van der Waals surface area contributed by atoms with E-state index in [-0.39, 0.29) is 0 Å². The summed E-state index contributed by atoms with van der Waals surface area (Å²) in [6.07, 6.45) is 10.6. The molecule has 0 N–H and O–H groups in total. The van der Waals surface area contributed by atoms with Crippen LogP contribution in [0.3, 0.4) is 0 Å². The Kier molecular flexibility index (Phi) is 2.49. The average Bonchev–Trinajstić information content (AvgIpc) is 2.39. The SMILES string of the molecule is CC(C)C1C=Cc2cccnc2C=C1. The topological polar surface area (TPSA) is 12.9 Å². The zero-order chi connectivity index (χ0) is 9.97. The Balaban J connectivity index is 2.37. The maximum absolute atomic E-state index is 4.33. The molecule has 0 bridgehead atoms. The first-order valence-corrected chi connectivity index (χ1v) is 5.09. The van der Waals surface area contributed by atoms with Crippen molar-refractivity contribution in [3.63, 3.8) is 0 Å². The number of nitrogens with zero attached hydrogens (tertiary/aromatic N) is 1. The molecule has 0 spiro atoms. The van der Waals surface area contributed by atoms with E-state index < -0.39 is 0 Å². The standard InChI is InChI=1S/C13H15N/c1-10(2)11-5-6-12-4-3-9-14-13(12)8-7-11/h3-11H,1-2H3. The quantitative estimate of drug-likeness (QED) is 0.653. The molecule has 1 atom stereocenters. The third-order valence-corrected chi connectivity index (χ3v) is 2.62. The summed E-state index contributed by atoms with van der Waals surface area (Å²) < 4.78 is 0. The lowest BCUT2D eigenvalue weighted by Gasteiger charge is -2.09. The molecular weight excluding hydrogens is 170 g/mol. The van der Waals surface area contributed by atoms with Gasteiger partial charge in [-0.2, -0.15) is 0 Å². The van der Waals surface area contributed by atoms with E-state index in [1.54, 1.807) is 0 Å². The first-order valence-electron chi connectivity index (χ1n) is 5.09. The summed E-state index contributed by atoms with van der Waals surface area (Å²) in [5.74, 6) is 1.18. The zero-order valence-corrected chi connectivity index (χ0v) is 8.64. The zero-order valence-electron chi connectivity index (χ0n) is 8.64. The van der Waals surface area contributed by atoms with E-state index in [1.807, 2.05) is 12.3 Å². The van der Waals surface area contributed by atoms with Crippen LogP contribution in [0.4, 0.5) is 0 Å². The van der Waals surface area contributed by atoms with Crippen molar-refractivity contribution in [1.82, 2.24) is 4.98 Å². The van der Waals surface area contributed by atoms with Gasteiger partial charge in [0.05, 0.1) is 5.69 Å². The average molecular weight is 185 g/mol. The highest BCUT2D eigenvalue weighted by molar-refractivity contribution is 5.64. The smallest absolute Gasteiger partial charge is 0.0698 e. The summed E-state index contributed by atoms with van der Waals surface area (Å²) in [5, 5.41) is 0. The number of hydrogen-bond acceptors (Lipinski definition) is 1. The van der Waals surface area contributed by atoms with E-state index in [0.717, 1.165) is 5.69 Å². The number of hydrogen-bond donors (Lipinski definition) is 0. The van der Waals surface area contributed by atoms with Crippen LogP contribution >= 0.6 is 0 Å². The van der Waals surface area contributed by atoms with Crippen molar-refractivity contribution in [1.29, 1.82) is 0 Å². The highest BCUT2D eigenvalue weighted by Gasteiger charge is 2.09. The van der Waals surface area contributed by atoms with E-state index in [9.17, 15) is 0 Å². The molecule has 1 unspecified atom stereocenters. The molecular formula is C13H15N. The molecule has 0 aliphatic heterocycles. The summed E-state index contributed by atoms with van der Waals surface area (Å²) in [7, 11) is 0. The minimum atomic E-state index is 0.532. The molecule has 0 fully saturated rings. The van der Waals surface area contributed by atoms with Crippen LogP contribution in [0.25, 0.3) is 12.2 Å². The number of allylic oxidation sites excluding steroid dienone is 2. The lowest BCUT2D eigenvalue weighted by molar-refractivity contribution is 0.554. The van der Waals surface area contributed by atoms with Crippen LogP contribution in [0, 0.1) is 11.8 Å². The second-order valence-electron chi connectivity index (χ2n) is 4.02. The van der Waals surface area contributed by atoms with Gasteiger partial charge in [-0.1, -0.05) is 38.1 Å². The Morgan fingerprint density at radius 3 is 2.79 bits per heavy atom. The minimum Gasteiger partial charge on any atom is -0.256 e. The van der Waals surface area contributed by atoms with Crippen LogP contribution in [0.5, 0.6) is 0 Å². The number of pyridine rings is 1. The number of aromatic nitrogens is 1. The van der Waals surface area contributed by atoms with E-state index in [1.165, 1.54) is 5.56 Å². The van der Waals surface area contributed by atoms with Gasteiger partial charge in [-0.05, 0) is 29.5 Å². The maximum Gasteiger partial charge on any atom is 0.0698 e. The lowest BCUT2D eigenvalue weighted by atomic mass is 9.95. The van der Waals surface area contributed by atoms with E-state index >= 15 is 0 Å². The highest BCUT2D eigenvalue weighted by Crippen LogP contribution is 2.22. The Morgan fingerprint density at radius 1 is 1.21 bits per heavy atom. The Bertz CT molecular complexity index is 342. The number of fused-ring (bicyclic) bond motifs is 1. The Labute approximate surface area is 85.2 Å². The third kappa shape index (κ3) is 1.77. The molecule has 72 valence electrons. The molecule has 0 saturated carbocycles. The van der Waals surface area contributed by atoms with Crippen LogP contribution in [0.15, 0.2) is 30.5 Å². The fourth-order valence-corrected chi connectivity index (χ4v) is 1.64. The lowest BCUT2D eigenvalue weighted by Crippen LogP contribution is -2.00. The summed E-state index contributed by atoms with van der Waals surface area (Å²) in [4.78, 5) is 4.33. The van der Waals surface area contributed by atoms with Crippen molar-refractivity contribution in [2.75, 3.05) is 0 Å². The third-order valence-electron chi connectivity index (χ3n) is 2.62. The highest BCUT2D eigenvalue weighted by atomic mass is 14.7. The van der Waals surface area contributed by atoms with Gasteiger partial charge in [0, 0.05) is 6.20 Å². The molecule has 1 heteroatoms. The molecule has 0 aromatic carbocycles. The fourth-order valence-electron chi connectivity index (χ4n) is 1.64. The summed E-state index contributed by atoms with van der Waals surface area (Å²) in [6, 6.07) is 4.08. The first-order chi connectivity index (χ1) is 6.77. The van der Waals surface area contributed by atoms with Gasteiger partial charge in [-0.15, -0.1) is 0 Å². The van der Waals surface area contributed by atoms with Crippen LogP contribution in [0.2, 0.25) is 0 Å². The molecule has 2 rings (SSSR count). The normalized spacial score (nSPS) is 19.5. The first kappa shape index (κ1) is 9.20. The predicted molar refractivity (Wildman–Crippen MR) is 60.6 cm³/mol. The molecule has 14 heavy (non-hydrogen) atoms. The monoisotopic (exact) mass is 185 g/mol. The van der Waals surface area contributed by atoms with Crippen LogP contribution in [0.1, 0.15) is 25.1 Å². The largest absolute Gasteiger partial charge is 0.256 e. The van der Waals surface area contributed by atoms with Gasteiger partial charge < -0.3 is 0 Å². The van der Waals surface area contributed by atoms with Gasteiger partial charge in [0.2, 0.25) is 0 Å². The number of rotatable bonds is 1. The summed E-state index contributed by atoms with van der Waals surface area (Å²) >= 11 is 0. The van der Waals surface area contributed by atoms with E-state index in [2.05, 4.69) is 49.2 Å². The van der Waals surface area contributed by atoms with E-state index in [0.29, 0.717) is 11.8 Å². The van der Waals surface area contributed by atoms with Crippen molar-refractivity contribution in [2.45, 2.75) is 13.8 Å². The summed E-state index contributed by atoms with van der Waals surface area (Å²) in [5.41, 5.74) is 2.29. The van der Waals surface area contributed by atoms with Crippen molar-refractivity contribution < 1.29 is 0 Å². The maximum atomic E-state index is 4.33. The Hall–Kier alpha value is -1.37. The molecule has 1 nitrogen and oxygen atoms in total. The molecule has 1 aliphatic rings. The van der Waals surface area contributed by atoms with E-state index in [4.69, 9.17) is 0 Å². The van der Waals surface area contributed by atoms with Gasteiger partial charge in [0.1, 0.15) is 0 Å². The minimum absolute atomic E-state index is 0.532. The van der Waals surface area contributed by atoms with Crippen LogP contribution < -0.4 is 0 Å². The molecule has 1 aromatic heterocycles. The van der Waals surface area contributed by atoms with Gasteiger partial charge >= 0.3 is 0 Å². The van der Waals surface area contributed by atoms with Gasteiger partial charge in [-0.3, -0.25) is 4.98 Å². The molecule has 0 saturated heterocycles. The van der Waals surface area contributed by atoms with Crippen molar-refractivity contribution in [3.05, 3.63) is 41.7 Å². The molecule has 1 aromatic rings. The Morgan fingerprint density at radius 2 is 2.00 bits per heavy atom. The van der Waals surface area contributed by atoms with Crippen LogP contribution in [-0.4, -0.2) is 4.98 Å². The van der Waals surface area contributed by atoms with Gasteiger partial charge in [0.25, 0.3) is 0 Å². The molecule has 0 amide bonds. The fraction of sp³-hybridized carbons (Fsp3) is 0.308. The predicted octanol–water partition coefficient (Wildman–Crippen LogP) is 3.39. The van der Waals surface area contributed by atoms with Gasteiger partial charge in [-0.25, -0.2) is 0 Å². The van der Waals surface area contributed by atoms with Crippen molar-refractivity contribution in [3.8, 4) is 0 Å². The molecule has 1 aliphatic carbocycles. The van der Waals surface area contributed by atoms with Crippen molar-refractivity contribution in [2.24, 2.45) is 11.8 Å². The van der Waals surface area contributed by atoms with Gasteiger partial charge in [0.15, 0.2) is 0 Å². The van der Waals surface area contributed by atoms with Crippen molar-refractivity contribution >= 4 is 12.2 Å². The molecule has 1 heterocycles.